The third kappa shape index (κ3) is 4.26. The number of halogens is 4. The van der Waals surface area contributed by atoms with Crippen LogP contribution in [-0.2, 0) is 5.54 Å². The highest BCUT2D eigenvalue weighted by atomic mass is 32.2. The van der Waals surface area contributed by atoms with Gasteiger partial charge in [-0.3, -0.25) is 4.99 Å². The molecule has 174 valence electrons. The van der Waals surface area contributed by atoms with Crippen LogP contribution in [0.2, 0.25) is 0 Å². The van der Waals surface area contributed by atoms with Gasteiger partial charge in [-0.05, 0) is 32.4 Å². The first-order chi connectivity index (χ1) is 15.5. The monoisotopic (exact) mass is 480 g/mol. The topological polar surface area (TPSA) is 98.3 Å². The molecule has 33 heavy (non-hydrogen) atoms. The number of benzene rings is 1. The minimum atomic E-state index is -2.75. The highest BCUT2D eigenvalue weighted by Gasteiger charge is 2.48. The van der Waals surface area contributed by atoms with E-state index in [1.807, 2.05) is 0 Å². The van der Waals surface area contributed by atoms with Gasteiger partial charge in [0.15, 0.2) is 22.6 Å². The predicted molar refractivity (Wildman–Crippen MR) is 119 cm³/mol. The Morgan fingerprint density at radius 1 is 1.21 bits per heavy atom. The molecule has 2 atom stereocenters. The van der Waals surface area contributed by atoms with E-state index in [2.05, 4.69) is 25.3 Å². The lowest BCUT2D eigenvalue weighted by molar-refractivity contribution is 0.0892. The average molecular weight is 480 g/mol. The van der Waals surface area contributed by atoms with Gasteiger partial charge in [0, 0.05) is 23.5 Å². The zero-order chi connectivity index (χ0) is 24.0. The number of fused-ring (bicyclic) bond motifs is 1. The van der Waals surface area contributed by atoms with E-state index in [4.69, 9.17) is 10.5 Å². The molecule has 0 aliphatic carbocycles. The van der Waals surface area contributed by atoms with E-state index in [1.165, 1.54) is 39.4 Å². The summed E-state index contributed by atoms with van der Waals surface area (Å²) < 4.78 is 60.5. The molecule has 1 aliphatic heterocycles. The molecule has 0 radical (unpaired) electrons. The number of nitrogens with one attached hydrogen (secondary N) is 1. The zero-order valence-corrected chi connectivity index (χ0v) is 18.7. The highest BCUT2D eigenvalue weighted by Crippen LogP contribution is 2.49. The quantitative estimate of drug-likeness (QED) is 0.509. The number of nitrogens with zero attached hydrogens (tertiary/aromatic N) is 4. The summed E-state index contributed by atoms with van der Waals surface area (Å²) in [6.45, 7) is 2.78. The van der Waals surface area contributed by atoms with Gasteiger partial charge in [0.25, 0.3) is 6.43 Å². The number of amidine groups is 1. The Labute approximate surface area is 190 Å². The van der Waals surface area contributed by atoms with Crippen molar-refractivity contribution in [3.05, 3.63) is 47.8 Å². The summed E-state index contributed by atoms with van der Waals surface area (Å²) in [7, 11) is 1.46. The average Bonchev–Trinajstić information content (AvgIpc) is 2.74. The second-order valence-corrected chi connectivity index (χ2v) is 9.56. The summed E-state index contributed by atoms with van der Waals surface area (Å²) >= 11 is 0.725. The number of nitrogens with two attached hydrogens (primary N) is 1. The smallest absolute Gasteiger partial charge is 0.253 e. The molecule has 0 spiro atoms. The molecule has 0 saturated carbocycles. The molecule has 0 fully saturated rings. The lowest BCUT2D eigenvalue weighted by Crippen LogP contribution is -2.44. The predicted octanol–water partition coefficient (Wildman–Crippen LogP) is 4.75. The fraction of sp³-hybridized carbons (Fsp3) is 0.333. The van der Waals surface area contributed by atoms with Crippen molar-refractivity contribution in [2.24, 2.45) is 10.7 Å². The maximum absolute atomic E-state index is 14.9. The molecule has 0 amide bonds. The van der Waals surface area contributed by atoms with Gasteiger partial charge in [-0.25, -0.2) is 32.5 Å². The van der Waals surface area contributed by atoms with Crippen LogP contribution in [0.3, 0.4) is 0 Å². The lowest BCUT2D eigenvalue weighted by Gasteiger charge is -2.40. The van der Waals surface area contributed by atoms with Crippen LogP contribution < -0.4 is 15.8 Å². The number of rotatable bonds is 5. The number of thioether (sulfide) groups is 1. The molecule has 3 aromatic rings. The fourth-order valence-electron chi connectivity index (χ4n) is 3.85. The fourth-order valence-corrected chi connectivity index (χ4v) is 5.02. The highest BCUT2D eigenvalue weighted by molar-refractivity contribution is 8.15. The Hall–Kier alpha value is -3.15. The van der Waals surface area contributed by atoms with E-state index in [1.54, 1.807) is 6.07 Å². The van der Waals surface area contributed by atoms with Crippen LogP contribution in [0.1, 0.15) is 25.8 Å². The summed E-state index contributed by atoms with van der Waals surface area (Å²) in [6.07, 6.45) is -0.130. The lowest BCUT2D eigenvalue weighted by atomic mass is 9.82. The molecule has 0 unspecified atom stereocenters. The largest absolute Gasteiger partial charge is 0.480 e. The second-order valence-electron chi connectivity index (χ2n) is 8.00. The first kappa shape index (κ1) is 23.0. The van der Waals surface area contributed by atoms with Gasteiger partial charge in [-0.1, -0.05) is 11.8 Å². The van der Waals surface area contributed by atoms with Crippen LogP contribution in [0.5, 0.6) is 5.88 Å². The first-order valence-corrected chi connectivity index (χ1v) is 10.6. The number of anilines is 2. The molecule has 2 aromatic heterocycles. The van der Waals surface area contributed by atoms with E-state index in [0.29, 0.717) is 16.9 Å². The standard InChI is InChI=1S/C21H20F4N6OS/c1-20(9-21(2,18(24)25)33-19(26)31-20)11-6-10(7-12(22)15(11)23)29-17-16-13(4-5-27-17)30-14(32-3)8-28-16/h4-8,18H,9H2,1-3H3,(H2,26,31)(H,27,29)/t20-,21+/m0/s1. The Bertz CT molecular complexity index is 1260. The summed E-state index contributed by atoms with van der Waals surface area (Å²) in [5.41, 5.74) is 5.07. The Morgan fingerprint density at radius 2 is 1.97 bits per heavy atom. The number of methoxy groups -OCH3 is 1. The Balaban J connectivity index is 1.78. The third-order valence-electron chi connectivity index (χ3n) is 5.37. The van der Waals surface area contributed by atoms with Gasteiger partial charge in [0.1, 0.15) is 5.52 Å². The van der Waals surface area contributed by atoms with Crippen LogP contribution in [-0.4, -0.2) is 38.4 Å². The number of aromatic nitrogens is 3. The van der Waals surface area contributed by atoms with Crippen molar-refractivity contribution in [1.29, 1.82) is 0 Å². The normalized spacial score (nSPS) is 23.0. The van der Waals surface area contributed by atoms with Crippen molar-refractivity contribution in [3.8, 4) is 5.88 Å². The zero-order valence-electron chi connectivity index (χ0n) is 17.9. The molecule has 0 saturated heterocycles. The second kappa shape index (κ2) is 8.32. The van der Waals surface area contributed by atoms with Gasteiger partial charge in [-0.2, -0.15) is 0 Å². The third-order valence-corrected chi connectivity index (χ3v) is 6.46. The van der Waals surface area contributed by atoms with Gasteiger partial charge < -0.3 is 15.8 Å². The molecule has 0 bridgehead atoms. The molecule has 3 N–H and O–H groups in total. The minimum Gasteiger partial charge on any atom is -0.480 e. The SMILES string of the molecule is COc1cnc2c(Nc3cc(F)c(F)c([C@]4(C)C[C@](C)(C(F)F)SC(N)=N4)c3)nccc2n1. The molecule has 7 nitrogen and oxygen atoms in total. The summed E-state index contributed by atoms with van der Waals surface area (Å²) in [5, 5.41) is 2.79. The molecule has 1 aromatic carbocycles. The van der Waals surface area contributed by atoms with E-state index < -0.39 is 28.3 Å². The van der Waals surface area contributed by atoms with Gasteiger partial charge in [0.2, 0.25) is 5.88 Å². The number of hydrogen-bond acceptors (Lipinski definition) is 8. The maximum atomic E-state index is 14.9. The van der Waals surface area contributed by atoms with Crippen molar-refractivity contribution in [3.63, 3.8) is 0 Å². The Kier molecular flexibility index (Phi) is 5.81. The number of alkyl halides is 2. The van der Waals surface area contributed by atoms with Gasteiger partial charge in [0.05, 0.1) is 29.1 Å². The van der Waals surface area contributed by atoms with Crippen molar-refractivity contribution < 1.29 is 22.3 Å². The van der Waals surface area contributed by atoms with Crippen molar-refractivity contribution in [2.45, 2.75) is 37.0 Å². The summed E-state index contributed by atoms with van der Waals surface area (Å²) in [4.78, 5) is 17.0. The van der Waals surface area contributed by atoms with E-state index in [0.717, 1.165) is 17.8 Å². The number of ether oxygens (including phenoxy) is 1. The first-order valence-electron chi connectivity index (χ1n) is 9.79. The van der Waals surface area contributed by atoms with Crippen molar-refractivity contribution >= 4 is 39.5 Å². The van der Waals surface area contributed by atoms with Gasteiger partial charge >= 0.3 is 0 Å². The van der Waals surface area contributed by atoms with Crippen LogP contribution in [0.25, 0.3) is 11.0 Å². The number of aliphatic imine (C=N–C) groups is 1. The molecule has 12 heteroatoms. The van der Waals surface area contributed by atoms with Gasteiger partial charge in [-0.15, -0.1) is 0 Å². The van der Waals surface area contributed by atoms with Crippen LogP contribution >= 0.6 is 11.8 Å². The minimum absolute atomic E-state index is 0.121. The Morgan fingerprint density at radius 3 is 2.67 bits per heavy atom. The van der Waals surface area contributed by atoms with Crippen LogP contribution in [0.15, 0.2) is 35.6 Å². The van der Waals surface area contributed by atoms with E-state index >= 15 is 0 Å². The molecule has 1 aliphatic rings. The maximum Gasteiger partial charge on any atom is 0.253 e. The van der Waals surface area contributed by atoms with Crippen LogP contribution in [0.4, 0.5) is 29.1 Å². The molecular weight excluding hydrogens is 460 g/mol. The van der Waals surface area contributed by atoms with E-state index in [9.17, 15) is 17.6 Å². The van der Waals surface area contributed by atoms with Crippen molar-refractivity contribution in [1.82, 2.24) is 15.0 Å². The molecule has 4 rings (SSSR count). The summed E-state index contributed by atoms with van der Waals surface area (Å²) in [5.74, 6) is -1.81. The molecule has 3 heterocycles. The number of pyridine rings is 1. The summed E-state index contributed by atoms with van der Waals surface area (Å²) in [6, 6.07) is 3.88. The number of hydrogen-bond donors (Lipinski definition) is 2. The van der Waals surface area contributed by atoms with Crippen molar-refractivity contribution in [2.75, 3.05) is 12.4 Å². The van der Waals surface area contributed by atoms with E-state index in [-0.39, 0.29) is 28.7 Å². The van der Waals surface area contributed by atoms with Crippen LogP contribution in [0, 0.1) is 11.6 Å². The molecular formula is C21H20F4N6OS.